The van der Waals surface area contributed by atoms with Gasteiger partial charge in [0.05, 0.1) is 11.5 Å². The van der Waals surface area contributed by atoms with Gasteiger partial charge >= 0.3 is 0 Å². The quantitative estimate of drug-likeness (QED) is 0.654. The van der Waals surface area contributed by atoms with Crippen LogP contribution in [0.15, 0.2) is 42.5 Å². The molecule has 2 aromatic carbocycles. The van der Waals surface area contributed by atoms with Crippen molar-refractivity contribution >= 4 is 23.2 Å². The van der Waals surface area contributed by atoms with Gasteiger partial charge in [-0.25, -0.2) is 0 Å². The van der Waals surface area contributed by atoms with Crippen molar-refractivity contribution in [3.05, 3.63) is 74.3 Å². The van der Waals surface area contributed by atoms with Gasteiger partial charge in [-0.15, -0.1) is 0 Å². The molecule has 0 heterocycles. The van der Waals surface area contributed by atoms with Gasteiger partial charge in [-0.1, -0.05) is 35.9 Å². The van der Waals surface area contributed by atoms with Crippen LogP contribution in [0.3, 0.4) is 0 Å². The minimum absolute atomic E-state index is 0.0982. The third-order valence-electron chi connectivity index (χ3n) is 3.13. The lowest BCUT2D eigenvalue weighted by molar-refractivity contribution is -0.385. The number of nitro benzene ring substituents is 1. The zero-order valence-electron chi connectivity index (χ0n) is 11.5. The SMILES string of the molecule is O=C(NCc1ccccc1CO)c1cc(Cl)ccc1[N+](=O)[O-]. The summed E-state index contributed by atoms with van der Waals surface area (Å²) < 4.78 is 0. The van der Waals surface area contributed by atoms with Crippen molar-refractivity contribution in [1.29, 1.82) is 0 Å². The first kappa shape index (κ1) is 15.9. The van der Waals surface area contributed by atoms with Crippen LogP contribution in [-0.4, -0.2) is 15.9 Å². The summed E-state index contributed by atoms with van der Waals surface area (Å²) in [6.45, 7) is 0.00257. The summed E-state index contributed by atoms with van der Waals surface area (Å²) in [6.07, 6.45) is 0. The Balaban J connectivity index is 2.19. The van der Waals surface area contributed by atoms with Gasteiger partial charge in [-0.2, -0.15) is 0 Å². The highest BCUT2D eigenvalue weighted by Gasteiger charge is 2.20. The van der Waals surface area contributed by atoms with Crippen LogP contribution in [0, 0.1) is 10.1 Å². The van der Waals surface area contributed by atoms with Crippen molar-refractivity contribution < 1.29 is 14.8 Å². The first-order chi connectivity index (χ1) is 10.5. The number of nitrogens with one attached hydrogen (secondary N) is 1. The lowest BCUT2D eigenvalue weighted by atomic mass is 10.1. The number of nitro groups is 1. The van der Waals surface area contributed by atoms with Crippen LogP contribution in [0.5, 0.6) is 0 Å². The maximum atomic E-state index is 12.2. The second-order valence-electron chi connectivity index (χ2n) is 4.53. The Morgan fingerprint density at radius 2 is 1.91 bits per heavy atom. The molecule has 7 heteroatoms. The van der Waals surface area contributed by atoms with E-state index in [2.05, 4.69) is 5.32 Å². The molecule has 2 rings (SSSR count). The normalized spacial score (nSPS) is 10.3. The molecule has 0 radical (unpaired) electrons. The third kappa shape index (κ3) is 3.60. The number of carbonyl (C=O) groups excluding carboxylic acids is 1. The van der Waals surface area contributed by atoms with E-state index in [4.69, 9.17) is 11.6 Å². The van der Waals surface area contributed by atoms with E-state index in [1.165, 1.54) is 18.2 Å². The topological polar surface area (TPSA) is 92.5 Å². The van der Waals surface area contributed by atoms with Crippen molar-refractivity contribution in [3.63, 3.8) is 0 Å². The third-order valence-corrected chi connectivity index (χ3v) is 3.36. The lowest BCUT2D eigenvalue weighted by Gasteiger charge is -2.09. The summed E-state index contributed by atoms with van der Waals surface area (Å²) >= 11 is 5.79. The summed E-state index contributed by atoms with van der Waals surface area (Å²) in [4.78, 5) is 22.5. The van der Waals surface area contributed by atoms with E-state index in [-0.39, 0.29) is 29.4 Å². The highest BCUT2D eigenvalue weighted by atomic mass is 35.5. The largest absolute Gasteiger partial charge is 0.392 e. The van der Waals surface area contributed by atoms with Crippen molar-refractivity contribution in [2.24, 2.45) is 0 Å². The number of nitrogens with zero attached hydrogens (tertiary/aromatic N) is 1. The van der Waals surface area contributed by atoms with Crippen LogP contribution < -0.4 is 5.32 Å². The highest BCUT2D eigenvalue weighted by molar-refractivity contribution is 6.31. The van der Waals surface area contributed by atoms with Crippen molar-refractivity contribution in [3.8, 4) is 0 Å². The predicted molar refractivity (Wildman–Crippen MR) is 81.6 cm³/mol. The molecule has 1 amide bonds. The molecule has 0 aromatic heterocycles. The summed E-state index contributed by atoms with van der Waals surface area (Å²) in [7, 11) is 0. The number of hydrogen-bond acceptors (Lipinski definition) is 4. The van der Waals surface area contributed by atoms with Crippen LogP contribution in [0.25, 0.3) is 0 Å². The lowest BCUT2D eigenvalue weighted by Crippen LogP contribution is -2.24. The second kappa shape index (κ2) is 7.02. The minimum atomic E-state index is -0.632. The highest BCUT2D eigenvalue weighted by Crippen LogP contribution is 2.22. The van der Waals surface area contributed by atoms with Crippen molar-refractivity contribution in [1.82, 2.24) is 5.32 Å². The standard InChI is InChI=1S/C15H13ClN2O4/c16-12-5-6-14(18(21)22)13(7-12)15(20)17-8-10-3-1-2-4-11(10)9-19/h1-7,19H,8-9H2,(H,17,20). The molecule has 0 saturated heterocycles. The van der Waals surface area contributed by atoms with Gasteiger partial charge < -0.3 is 10.4 Å². The fourth-order valence-corrected chi connectivity index (χ4v) is 2.18. The van der Waals surface area contributed by atoms with E-state index in [0.29, 0.717) is 5.56 Å². The predicted octanol–water partition coefficient (Wildman–Crippen LogP) is 2.67. The number of amides is 1. The van der Waals surface area contributed by atoms with Crippen LogP contribution in [0.4, 0.5) is 5.69 Å². The Labute approximate surface area is 131 Å². The Kier molecular flexibility index (Phi) is 5.08. The monoisotopic (exact) mass is 320 g/mol. The van der Waals surface area contributed by atoms with Gasteiger partial charge in [0.2, 0.25) is 0 Å². The molecule has 0 unspecified atom stereocenters. The number of hydrogen-bond donors (Lipinski definition) is 2. The molecular formula is C15H13ClN2O4. The Morgan fingerprint density at radius 3 is 2.55 bits per heavy atom. The molecule has 0 aliphatic heterocycles. The van der Waals surface area contributed by atoms with Gasteiger partial charge in [0, 0.05) is 17.6 Å². The molecule has 6 nitrogen and oxygen atoms in total. The molecule has 0 saturated carbocycles. The van der Waals surface area contributed by atoms with Crippen LogP contribution in [-0.2, 0) is 13.2 Å². The van der Waals surface area contributed by atoms with E-state index in [9.17, 15) is 20.0 Å². The van der Waals surface area contributed by atoms with E-state index in [0.717, 1.165) is 5.56 Å². The fraction of sp³-hybridized carbons (Fsp3) is 0.133. The molecule has 114 valence electrons. The maximum Gasteiger partial charge on any atom is 0.282 e. The second-order valence-corrected chi connectivity index (χ2v) is 4.96. The van der Waals surface area contributed by atoms with E-state index >= 15 is 0 Å². The number of aliphatic hydroxyl groups excluding tert-OH is 1. The number of rotatable bonds is 5. The molecule has 0 bridgehead atoms. The van der Waals surface area contributed by atoms with E-state index in [1.54, 1.807) is 24.3 Å². The molecular weight excluding hydrogens is 308 g/mol. The molecule has 0 atom stereocenters. The van der Waals surface area contributed by atoms with Crippen molar-refractivity contribution in [2.45, 2.75) is 13.2 Å². The number of aliphatic hydroxyl groups is 1. The first-order valence-electron chi connectivity index (χ1n) is 6.42. The molecule has 0 aliphatic carbocycles. The Morgan fingerprint density at radius 1 is 1.23 bits per heavy atom. The van der Waals surface area contributed by atoms with Crippen molar-refractivity contribution in [2.75, 3.05) is 0 Å². The zero-order chi connectivity index (χ0) is 16.1. The number of halogens is 1. The van der Waals surface area contributed by atoms with Gasteiger partial charge in [0.15, 0.2) is 0 Å². The average molecular weight is 321 g/mol. The number of carbonyl (C=O) groups is 1. The van der Waals surface area contributed by atoms with E-state index in [1.807, 2.05) is 0 Å². The fourth-order valence-electron chi connectivity index (χ4n) is 2.00. The number of benzene rings is 2. The maximum absolute atomic E-state index is 12.2. The van der Waals surface area contributed by atoms with Gasteiger partial charge in [0.1, 0.15) is 5.56 Å². The van der Waals surface area contributed by atoms with Crippen LogP contribution >= 0.6 is 11.6 Å². The zero-order valence-corrected chi connectivity index (χ0v) is 12.2. The molecule has 22 heavy (non-hydrogen) atoms. The summed E-state index contributed by atoms with van der Waals surface area (Å²) in [5.74, 6) is -0.595. The van der Waals surface area contributed by atoms with Gasteiger partial charge in [-0.3, -0.25) is 14.9 Å². The molecule has 0 spiro atoms. The molecule has 2 aromatic rings. The summed E-state index contributed by atoms with van der Waals surface area (Å²) in [5.41, 5.74) is 1.02. The summed E-state index contributed by atoms with van der Waals surface area (Å²) in [6, 6.07) is 10.9. The summed E-state index contributed by atoms with van der Waals surface area (Å²) in [5, 5.41) is 23.0. The van der Waals surface area contributed by atoms with Gasteiger partial charge in [-0.05, 0) is 23.3 Å². The first-order valence-corrected chi connectivity index (χ1v) is 6.80. The molecule has 0 aliphatic rings. The molecule has 2 N–H and O–H groups in total. The smallest absolute Gasteiger partial charge is 0.282 e. The van der Waals surface area contributed by atoms with Gasteiger partial charge in [0.25, 0.3) is 11.6 Å². The minimum Gasteiger partial charge on any atom is -0.392 e. The average Bonchev–Trinajstić information content (AvgIpc) is 2.52. The Hall–Kier alpha value is -2.44. The Bertz CT molecular complexity index is 718. The van der Waals surface area contributed by atoms with E-state index < -0.39 is 10.8 Å². The van der Waals surface area contributed by atoms with Crippen LogP contribution in [0.1, 0.15) is 21.5 Å². The van der Waals surface area contributed by atoms with Crippen LogP contribution in [0.2, 0.25) is 5.02 Å². The molecule has 0 fully saturated rings.